The van der Waals surface area contributed by atoms with Crippen molar-refractivity contribution in [3.63, 3.8) is 0 Å². The summed E-state index contributed by atoms with van der Waals surface area (Å²) in [6, 6.07) is 9.61. The molecular weight excluding hydrogens is 422 g/mol. The molecule has 172 valence electrons. The highest BCUT2D eigenvalue weighted by atomic mass is 16.6. The molecule has 0 aliphatic carbocycles. The van der Waals surface area contributed by atoms with Gasteiger partial charge in [-0.1, -0.05) is 17.3 Å². The van der Waals surface area contributed by atoms with Gasteiger partial charge < -0.3 is 14.4 Å². The number of pyridine rings is 1. The molecule has 33 heavy (non-hydrogen) atoms. The van der Waals surface area contributed by atoms with E-state index in [0.29, 0.717) is 25.2 Å². The third-order valence-electron chi connectivity index (χ3n) is 5.27. The third kappa shape index (κ3) is 5.36. The van der Waals surface area contributed by atoms with Crippen LogP contribution in [0, 0.1) is 0 Å². The maximum atomic E-state index is 12.5. The lowest BCUT2D eigenvalue weighted by Crippen LogP contribution is -2.39. The van der Waals surface area contributed by atoms with Crippen LogP contribution in [-0.4, -0.2) is 56.2 Å². The molecule has 3 aromatic rings. The van der Waals surface area contributed by atoms with Gasteiger partial charge in [-0.3, -0.25) is 4.98 Å². The molecule has 4 rings (SSSR count). The summed E-state index contributed by atoms with van der Waals surface area (Å²) >= 11 is 0. The molecule has 9 heteroatoms. The highest BCUT2D eigenvalue weighted by Crippen LogP contribution is 2.26. The first-order valence-corrected chi connectivity index (χ1v) is 10.8. The summed E-state index contributed by atoms with van der Waals surface area (Å²) < 4.78 is 11.9. The van der Waals surface area contributed by atoms with Gasteiger partial charge in [-0.25, -0.2) is 14.3 Å². The van der Waals surface area contributed by atoms with Crippen molar-refractivity contribution in [1.82, 2.24) is 24.9 Å². The molecule has 1 aliphatic rings. The van der Waals surface area contributed by atoms with Crippen molar-refractivity contribution in [2.24, 2.45) is 0 Å². The molecule has 1 aromatic carbocycles. The number of carbonyl (C=O) groups excluding carboxylic acids is 2. The van der Waals surface area contributed by atoms with Gasteiger partial charge in [0.15, 0.2) is 0 Å². The second-order valence-corrected chi connectivity index (χ2v) is 8.97. The standard InChI is InChI=1S/C24H27N5O4/c1-24(2,3)33-23(31)28-10-9-16-5-6-17(11-19(16)13-28)21-15-29(27-26-21)14-20-8-7-18(12-25-20)22(30)32-4/h5-8,11-12,15H,9-10,13-14H2,1-4H3. The number of ether oxygens (including phenoxy) is 2. The van der Waals surface area contributed by atoms with Crippen molar-refractivity contribution in [1.29, 1.82) is 0 Å². The molecule has 0 saturated heterocycles. The molecule has 0 radical (unpaired) electrons. The normalized spacial score (nSPS) is 13.4. The second kappa shape index (κ2) is 9.01. The fourth-order valence-corrected chi connectivity index (χ4v) is 3.63. The largest absolute Gasteiger partial charge is 0.465 e. The van der Waals surface area contributed by atoms with Crippen LogP contribution >= 0.6 is 0 Å². The van der Waals surface area contributed by atoms with Crippen LogP contribution in [0.25, 0.3) is 11.3 Å². The minimum absolute atomic E-state index is 0.296. The average Bonchev–Trinajstić information content (AvgIpc) is 3.25. The lowest BCUT2D eigenvalue weighted by Gasteiger charge is -2.31. The Morgan fingerprint density at radius 2 is 1.94 bits per heavy atom. The van der Waals surface area contributed by atoms with Crippen molar-refractivity contribution in [3.05, 3.63) is 65.1 Å². The minimum Gasteiger partial charge on any atom is -0.465 e. The second-order valence-electron chi connectivity index (χ2n) is 8.97. The molecule has 0 fully saturated rings. The van der Waals surface area contributed by atoms with E-state index in [1.807, 2.05) is 33.0 Å². The number of nitrogens with zero attached hydrogens (tertiary/aromatic N) is 5. The van der Waals surface area contributed by atoms with Crippen LogP contribution in [0.5, 0.6) is 0 Å². The van der Waals surface area contributed by atoms with Gasteiger partial charge in [0, 0.05) is 24.8 Å². The van der Waals surface area contributed by atoms with Gasteiger partial charge in [0.2, 0.25) is 0 Å². The Bertz CT molecular complexity index is 1160. The number of aromatic nitrogens is 4. The van der Waals surface area contributed by atoms with Crippen LogP contribution in [0.1, 0.15) is 48.0 Å². The number of benzene rings is 1. The SMILES string of the molecule is COC(=O)c1ccc(Cn2cc(-c3ccc4c(c3)CN(C(=O)OC(C)(C)C)CC4)nn2)nc1. The molecule has 0 spiro atoms. The summed E-state index contributed by atoms with van der Waals surface area (Å²) in [4.78, 5) is 30.1. The van der Waals surface area contributed by atoms with Crippen LogP contribution < -0.4 is 0 Å². The van der Waals surface area contributed by atoms with Gasteiger partial charge in [0.05, 0.1) is 31.1 Å². The van der Waals surface area contributed by atoms with Gasteiger partial charge in [0.25, 0.3) is 0 Å². The number of fused-ring (bicyclic) bond motifs is 1. The van der Waals surface area contributed by atoms with Crippen LogP contribution in [0.15, 0.2) is 42.7 Å². The van der Waals surface area contributed by atoms with Crippen LogP contribution in [0.2, 0.25) is 0 Å². The molecule has 0 unspecified atom stereocenters. The van der Waals surface area contributed by atoms with Gasteiger partial charge >= 0.3 is 12.1 Å². The average molecular weight is 450 g/mol. The summed E-state index contributed by atoms with van der Waals surface area (Å²) in [6.45, 7) is 7.17. The van der Waals surface area contributed by atoms with E-state index < -0.39 is 11.6 Å². The van der Waals surface area contributed by atoms with Gasteiger partial charge in [-0.05, 0) is 56.5 Å². The summed E-state index contributed by atoms with van der Waals surface area (Å²) in [6.07, 6.45) is 3.83. The Labute approximate surface area is 192 Å². The highest BCUT2D eigenvalue weighted by molar-refractivity contribution is 5.88. The van der Waals surface area contributed by atoms with Crippen molar-refractivity contribution in [3.8, 4) is 11.3 Å². The number of hydrogen-bond acceptors (Lipinski definition) is 7. The minimum atomic E-state index is -0.522. The number of methoxy groups -OCH3 is 1. The van der Waals surface area contributed by atoms with Crippen molar-refractivity contribution in [2.45, 2.75) is 45.9 Å². The maximum Gasteiger partial charge on any atom is 0.410 e. The fourth-order valence-electron chi connectivity index (χ4n) is 3.63. The number of rotatable bonds is 4. The van der Waals surface area contributed by atoms with E-state index in [4.69, 9.17) is 9.47 Å². The molecular formula is C24H27N5O4. The topological polar surface area (TPSA) is 99.4 Å². The van der Waals surface area contributed by atoms with E-state index >= 15 is 0 Å². The predicted octanol–water partition coefficient (Wildman–Crippen LogP) is 3.47. The van der Waals surface area contributed by atoms with Crippen molar-refractivity contribution in [2.75, 3.05) is 13.7 Å². The maximum absolute atomic E-state index is 12.5. The zero-order valence-corrected chi connectivity index (χ0v) is 19.2. The van der Waals surface area contributed by atoms with Gasteiger partial charge in [-0.15, -0.1) is 5.10 Å². The monoisotopic (exact) mass is 449 g/mol. The lowest BCUT2D eigenvalue weighted by atomic mass is 9.97. The van der Waals surface area contributed by atoms with E-state index in [9.17, 15) is 9.59 Å². The molecule has 1 aliphatic heterocycles. The molecule has 0 N–H and O–H groups in total. The highest BCUT2D eigenvalue weighted by Gasteiger charge is 2.26. The van der Waals surface area contributed by atoms with Crippen LogP contribution in [0.3, 0.4) is 0 Å². The Morgan fingerprint density at radius 3 is 2.64 bits per heavy atom. The Morgan fingerprint density at radius 1 is 1.12 bits per heavy atom. The van der Waals surface area contributed by atoms with Crippen molar-refractivity contribution < 1.29 is 19.1 Å². The van der Waals surface area contributed by atoms with E-state index in [1.165, 1.54) is 18.9 Å². The van der Waals surface area contributed by atoms with E-state index in [1.54, 1.807) is 21.7 Å². The smallest absolute Gasteiger partial charge is 0.410 e. The fraction of sp³-hybridized carbons (Fsp3) is 0.375. The number of amides is 1. The molecule has 1 amide bonds. The molecule has 0 atom stereocenters. The Balaban J connectivity index is 1.46. The number of esters is 1. The first-order chi connectivity index (χ1) is 15.7. The molecule has 0 saturated carbocycles. The Kier molecular flexibility index (Phi) is 6.13. The Hall–Kier alpha value is -3.75. The molecule has 2 aromatic heterocycles. The zero-order chi connectivity index (χ0) is 23.6. The number of hydrogen-bond donors (Lipinski definition) is 0. The molecule has 3 heterocycles. The lowest BCUT2D eigenvalue weighted by molar-refractivity contribution is 0.0224. The summed E-state index contributed by atoms with van der Waals surface area (Å²) in [5.41, 5.74) is 4.60. The van der Waals surface area contributed by atoms with Crippen molar-refractivity contribution >= 4 is 12.1 Å². The first kappa shape index (κ1) is 22.4. The quantitative estimate of drug-likeness (QED) is 0.562. The van der Waals surface area contributed by atoms with E-state index in [-0.39, 0.29) is 6.09 Å². The third-order valence-corrected chi connectivity index (χ3v) is 5.27. The summed E-state index contributed by atoms with van der Waals surface area (Å²) in [5, 5.41) is 8.51. The number of carbonyl (C=O) groups is 2. The van der Waals surface area contributed by atoms with Gasteiger partial charge in [0.1, 0.15) is 11.3 Å². The molecule has 0 bridgehead atoms. The molecule has 9 nitrogen and oxygen atoms in total. The van der Waals surface area contributed by atoms with E-state index in [2.05, 4.69) is 27.4 Å². The predicted molar refractivity (Wildman–Crippen MR) is 120 cm³/mol. The van der Waals surface area contributed by atoms with Crippen LogP contribution in [-0.2, 0) is 29.0 Å². The first-order valence-electron chi connectivity index (χ1n) is 10.8. The van der Waals surface area contributed by atoms with Crippen LogP contribution in [0.4, 0.5) is 4.79 Å². The van der Waals surface area contributed by atoms with E-state index in [0.717, 1.165) is 28.9 Å². The summed E-state index contributed by atoms with van der Waals surface area (Å²) in [5.74, 6) is -0.422. The van der Waals surface area contributed by atoms with Gasteiger partial charge in [-0.2, -0.15) is 0 Å². The summed E-state index contributed by atoms with van der Waals surface area (Å²) in [7, 11) is 1.34. The zero-order valence-electron chi connectivity index (χ0n) is 19.2.